The van der Waals surface area contributed by atoms with Crippen molar-refractivity contribution in [2.75, 3.05) is 26.4 Å². The van der Waals surface area contributed by atoms with Gasteiger partial charge < -0.3 is 84.2 Å². The average Bonchev–Trinajstić information content (AvgIpc) is 3.29. The van der Waals surface area contributed by atoms with Gasteiger partial charge in [0, 0.05) is 12.3 Å². The van der Waals surface area contributed by atoms with Crippen LogP contribution in [0.25, 0.3) is 0 Å². The van der Waals surface area contributed by atoms with E-state index in [1.54, 1.807) is 0 Å². The molecule has 5 aliphatic carbocycles. The molecule has 0 aromatic carbocycles. The fraction of sp³-hybridized carbons (Fsp3) is 0.918. The number of hydrogen-bond donors (Lipinski definition) is 10. The second-order valence-corrected chi connectivity index (χ2v) is 23.5. The normalized spacial score (nSPS) is 52.3. The van der Waals surface area contributed by atoms with E-state index in [1.807, 2.05) is 6.92 Å². The molecule has 23 atom stereocenters. The maximum atomic E-state index is 15.0. The molecule has 0 amide bonds. The Kier molecular flexibility index (Phi) is 14.5. The van der Waals surface area contributed by atoms with Gasteiger partial charge in [-0.15, -0.1) is 0 Å². The summed E-state index contributed by atoms with van der Waals surface area (Å²) in [5.74, 6) is -1.15. The van der Waals surface area contributed by atoms with Gasteiger partial charge in [0.05, 0.1) is 37.9 Å². The van der Waals surface area contributed by atoms with E-state index in [9.17, 15) is 60.7 Å². The minimum absolute atomic E-state index is 0.0309. The van der Waals surface area contributed by atoms with Crippen molar-refractivity contribution in [1.82, 2.24) is 0 Å². The zero-order valence-electron chi connectivity index (χ0n) is 40.5. The van der Waals surface area contributed by atoms with Crippen LogP contribution >= 0.6 is 0 Å². The number of fused-ring (bicyclic) bond motifs is 7. The van der Waals surface area contributed by atoms with Crippen molar-refractivity contribution in [3.8, 4) is 0 Å². The number of carbonyl (C=O) groups excluding carboxylic acids is 2. The summed E-state index contributed by atoms with van der Waals surface area (Å²) in [6, 6.07) is 0. The molecule has 0 aromatic rings. The smallest absolute Gasteiger partial charge is 0.315 e. The van der Waals surface area contributed by atoms with E-state index in [2.05, 4.69) is 40.7 Å². The van der Waals surface area contributed by atoms with Gasteiger partial charge in [-0.1, -0.05) is 53.2 Å². The van der Waals surface area contributed by atoms with Gasteiger partial charge in [0.25, 0.3) is 0 Å². The van der Waals surface area contributed by atoms with Crippen molar-refractivity contribution >= 4 is 11.9 Å². The van der Waals surface area contributed by atoms with Gasteiger partial charge in [0.1, 0.15) is 61.0 Å². The van der Waals surface area contributed by atoms with Crippen molar-refractivity contribution in [1.29, 1.82) is 0 Å². The number of hydrogen-bond acceptors (Lipinski definition) is 19. The number of ether oxygens (including phenoxy) is 7. The monoisotopic (exact) mass is 971 g/mol. The molecule has 8 rings (SSSR count). The van der Waals surface area contributed by atoms with Crippen LogP contribution in [0.2, 0.25) is 0 Å². The van der Waals surface area contributed by atoms with Crippen LogP contribution in [0.5, 0.6) is 0 Å². The van der Waals surface area contributed by atoms with E-state index >= 15 is 0 Å². The Morgan fingerprint density at radius 3 is 1.99 bits per heavy atom. The fourth-order valence-corrected chi connectivity index (χ4v) is 15.0. The van der Waals surface area contributed by atoms with Gasteiger partial charge in [-0.2, -0.15) is 0 Å². The summed E-state index contributed by atoms with van der Waals surface area (Å²) in [4.78, 5) is 26.6. The van der Waals surface area contributed by atoms with Crippen molar-refractivity contribution < 1.29 is 93.8 Å². The second-order valence-electron chi connectivity index (χ2n) is 23.5. The molecule has 8 aliphatic rings. The molecule has 388 valence electrons. The van der Waals surface area contributed by atoms with E-state index in [1.165, 1.54) is 12.5 Å². The highest BCUT2D eigenvalue weighted by atomic mass is 16.7. The largest absolute Gasteiger partial charge is 0.457 e. The van der Waals surface area contributed by atoms with Gasteiger partial charge in [-0.3, -0.25) is 9.59 Å². The van der Waals surface area contributed by atoms with Crippen molar-refractivity contribution in [2.45, 2.75) is 205 Å². The van der Waals surface area contributed by atoms with Crippen LogP contribution in [0.3, 0.4) is 0 Å². The molecule has 3 heterocycles. The van der Waals surface area contributed by atoms with Crippen LogP contribution in [0.4, 0.5) is 0 Å². The second kappa shape index (κ2) is 18.8. The molecule has 10 N–H and O–H groups in total. The predicted octanol–water partition coefficient (Wildman–Crippen LogP) is 0.323. The molecule has 4 saturated carbocycles. The van der Waals surface area contributed by atoms with Crippen molar-refractivity contribution in [3.63, 3.8) is 0 Å². The van der Waals surface area contributed by atoms with Crippen LogP contribution in [0, 0.1) is 50.2 Å². The molecular weight excluding hydrogens is 893 g/mol. The van der Waals surface area contributed by atoms with Gasteiger partial charge >= 0.3 is 11.9 Å². The first kappa shape index (κ1) is 52.4. The van der Waals surface area contributed by atoms with Gasteiger partial charge in [0.15, 0.2) is 18.7 Å². The van der Waals surface area contributed by atoms with Crippen molar-refractivity contribution in [3.05, 3.63) is 11.6 Å². The average molecular weight is 971 g/mol. The van der Waals surface area contributed by atoms with Gasteiger partial charge in [0.2, 0.25) is 6.29 Å². The lowest BCUT2D eigenvalue weighted by Crippen LogP contribution is -2.67. The first-order chi connectivity index (χ1) is 31.8. The number of aliphatic hydroxyl groups is 10. The zero-order chi connectivity index (χ0) is 49.7. The highest BCUT2D eigenvalue weighted by molar-refractivity contribution is 5.79. The molecule has 0 unspecified atom stereocenters. The summed E-state index contributed by atoms with van der Waals surface area (Å²) in [5.41, 5.74) is -1.35. The maximum Gasteiger partial charge on any atom is 0.315 e. The molecule has 68 heavy (non-hydrogen) atoms. The molecule has 3 saturated heterocycles. The lowest BCUT2D eigenvalue weighted by molar-refractivity contribution is -0.328. The van der Waals surface area contributed by atoms with Crippen LogP contribution in [-0.4, -0.2) is 182 Å². The lowest BCUT2D eigenvalue weighted by Gasteiger charge is -2.71. The molecule has 0 aromatic heterocycles. The van der Waals surface area contributed by atoms with Gasteiger partial charge in [-0.25, -0.2) is 0 Å². The molecule has 0 radical (unpaired) electrons. The third-order valence-electron chi connectivity index (χ3n) is 19.3. The lowest BCUT2D eigenvalue weighted by atomic mass is 9.33. The van der Waals surface area contributed by atoms with Crippen LogP contribution in [-0.2, 0) is 42.7 Å². The first-order valence-corrected chi connectivity index (χ1v) is 24.8. The molecule has 19 heteroatoms. The summed E-state index contributed by atoms with van der Waals surface area (Å²) >= 11 is 0. The Morgan fingerprint density at radius 1 is 0.691 bits per heavy atom. The van der Waals surface area contributed by atoms with Crippen LogP contribution in [0.1, 0.15) is 113 Å². The molecular formula is C49H78O19. The Balaban J connectivity index is 1.01. The topological polar surface area (TPSA) is 301 Å². The van der Waals surface area contributed by atoms with E-state index < -0.39 is 128 Å². The SMILES string of the molecule is CC(=O)O[C@@H]1CO[C@@H](O[C@H]2CC[C@@]3(C)[C@@H](CC[C@@]4(C)[C@@H]3CC=C3[C@@H]5CC(C)(C)CC[C@@]5(C(=O)O[C@H]5O[C@@H](CO[C@@H]6O[C@H](CO)[C@H](O)[C@@H](O)[C@@H]6O)[C@H](O)[C@@H](O)[C@@H]5O)CC[C@@]34C)[C@]2(C)CO)[C@H](O)[C@@H]1O. The standard InChI is InChI=1S/C49H78O19/c1-23(52)64-27-20-63-41(37(58)34(27)55)67-31-11-12-45(4)29(46(31,5)22-51)10-13-48(7)30(45)9-8-24-25-18-44(2,3)14-16-49(25,17-15-47(24,48)6)43(61)68-42-39(60)36(57)33(54)28(66-42)21-62-40-38(59)35(56)32(53)26(19-50)65-40/h8,25-42,50-51,53-60H,9-22H2,1-7H3/t25-,26+,27+,28-,29+,30+,31-,32-,33-,34+,35+,36+,37+,38-,39-,40+,41-,42+,45-,46-,47-,48-,49+/m0/s1. The van der Waals surface area contributed by atoms with E-state index in [-0.39, 0.29) is 52.6 Å². The third-order valence-corrected chi connectivity index (χ3v) is 19.3. The van der Waals surface area contributed by atoms with Crippen LogP contribution in [0.15, 0.2) is 11.6 Å². The molecule has 3 aliphatic heterocycles. The maximum absolute atomic E-state index is 15.0. The summed E-state index contributed by atoms with van der Waals surface area (Å²) in [6.07, 6.45) is -12.6. The molecule has 19 nitrogen and oxygen atoms in total. The number of allylic oxidation sites excluding steroid dienone is 2. The number of esters is 2. The summed E-state index contributed by atoms with van der Waals surface area (Å²) in [5, 5.41) is 107. The third kappa shape index (κ3) is 8.41. The zero-order valence-corrected chi connectivity index (χ0v) is 40.5. The summed E-state index contributed by atoms with van der Waals surface area (Å²) in [7, 11) is 0. The Bertz CT molecular complexity index is 1880. The first-order valence-electron chi connectivity index (χ1n) is 24.8. The summed E-state index contributed by atoms with van der Waals surface area (Å²) in [6.45, 7) is 13.3. The highest BCUT2D eigenvalue weighted by Crippen LogP contribution is 2.76. The Hall–Kier alpha value is -1.92. The van der Waals surface area contributed by atoms with E-state index in [0.29, 0.717) is 32.1 Å². The minimum atomic E-state index is -1.82. The summed E-state index contributed by atoms with van der Waals surface area (Å²) < 4.78 is 40.6. The van der Waals surface area contributed by atoms with Gasteiger partial charge in [-0.05, 0) is 104 Å². The number of rotatable bonds is 10. The Labute approximate surface area is 398 Å². The highest BCUT2D eigenvalue weighted by Gasteiger charge is 2.70. The number of carbonyl (C=O) groups is 2. The molecule has 0 spiro atoms. The quantitative estimate of drug-likeness (QED) is 0.0801. The fourth-order valence-electron chi connectivity index (χ4n) is 15.0. The Morgan fingerprint density at radius 2 is 1.32 bits per heavy atom. The van der Waals surface area contributed by atoms with E-state index in [0.717, 1.165) is 32.1 Å². The predicted molar refractivity (Wildman–Crippen MR) is 235 cm³/mol. The van der Waals surface area contributed by atoms with Crippen molar-refractivity contribution in [2.24, 2.45) is 50.2 Å². The number of aliphatic hydroxyl groups excluding tert-OH is 10. The van der Waals surface area contributed by atoms with Crippen LogP contribution < -0.4 is 0 Å². The van der Waals surface area contributed by atoms with E-state index in [4.69, 9.17) is 33.2 Å². The minimum Gasteiger partial charge on any atom is -0.457 e. The molecule has 0 bridgehead atoms. The molecule has 7 fully saturated rings.